The number of amides is 1. The van der Waals surface area contributed by atoms with Crippen molar-refractivity contribution in [2.45, 2.75) is 40.2 Å². The molecular formula is C14H21NO4. The van der Waals surface area contributed by atoms with Gasteiger partial charge in [0.2, 0.25) is 0 Å². The molecule has 0 aliphatic carbocycles. The summed E-state index contributed by atoms with van der Waals surface area (Å²) < 4.78 is 9.97. The van der Waals surface area contributed by atoms with E-state index in [2.05, 4.69) is 4.74 Å². The van der Waals surface area contributed by atoms with Gasteiger partial charge in [0, 0.05) is 12.6 Å². The monoisotopic (exact) mass is 267 g/mol. The molecule has 0 aliphatic rings. The minimum absolute atomic E-state index is 0.00626. The Morgan fingerprint density at radius 3 is 2.42 bits per heavy atom. The van der Waals surface area contributed by atoms with Gasteiger partial charge in [-0.05, 0) is 33.8 Å². The Hall–Kier alpha value is -1.78. The largest absolute Gasteiger partial charge is 0.469 e. The molecule has 0 saturated carbocycles. The van der Waals surface area contributed by atoms with Crippen LogP contribution in [-0.2, 0) is 9.53 Å². The standard InChI is InChI=1S/C14H21NO4/c1-9(2)15(7-6-13(16)18-5)14(17)12-8-10(3)19-11(12)4/h8-9H,6-7H2,1-5H3. The Morgan fingerprint density at radius 2 is 2.00 bits per heavy atom. The molecule has 1 aromatic heterocycles. The molecule has 0 fully saturated rings. The number of methoxy groups -OCH3 is 1. The molecule has 0 N–H and O–H groups in total. The molecule has 19 heavy (non-hydrogen) atoms. The Balaban J connectivity index is 2.84. The quantitative estimate of drug-likeness (QED) is 0.768. The van der Waals surface area contributed by atoms with Gasteiger partial charge in [0.25, 0.3) is 5.91 Å². The summed E-state index contributed by atoms with van der Waals surface area (Å²) in [6, 6.07) is 1.73. The Morgan fingerprint density at radius 1 is 1.37 bits per heavy atom. The van der Waals surface area contributed by atoms with Gasteiger partial charge in [-0.25, -0.2) is 0 Å². The molecule has 1 rings (SSSR count). The highest BCUT2D eigenvalue weighted by Gasteiger charge is 2.23. The minimum Gasteiger partial charge on any atom is -0.469 e. The Kier molecular flexibility index (Phi) is 5.15. The summed E-state index contributed by atoms with van der Waals surface area (Å²) in [5.41, 5.74) is 0.552. The fourth-order valence-corrected chi connectivity index (χ4v) is 1.91. The van der Waals surface area contributed by atoms with Gasteiger partial charge in [-0.15, -0.1) is 0 Å². The van der Waals surface area contributed by atoms with Gasteiger partial charge in [-0.1, -0.05) is 0 Å². The van der Waals surface area contributed by atoms with Crippen molar-refractivity contribution in [3.05, 3.63) is 23.2 Å². The highest BCUT2D eigenvalue weighted by Crippen LogP contribution is 2.17. The van der Waals surface area contributed by atoms with Crippen LogP contribution in [0.15, 0.2) is 10.5 Å². The summed E-state index contributed by atoms with van der Waals surface area (Å²) in [7, 11) is 1.34. The molecule has 1 amide bonds. The first-order valence-electron chi connectivity index (χ1n) is 6.31. The average Bonchev–Trinajstić information content (AvgIpc) is 2.67. The van der Waals surface area contributed by atoms with E-state index in [0.29, 0.717) is 23.6 Å². The zero-order valence-corrected chi connectivity index (χ0v) is 12.1. The molecule has 0 unspecified atom stereocenters. The number of ether oxygens (including phenoxy) is 1. The Bertz CT molecular complexity index is 462. The van der Waals surface area contributed by atoms with Crippen molar-refractivity contribution < 1.29 is 18.7 Å². The topological polar surface area (TPSA) is 59.8 Å². The average molecular weight is 267 g/mol. The summed E-state index contributed by atoms with van der Waals surface area (Å²) >= 11 is 0. The van der Waals surface area contributed by atoms with Crippen molar-refractivity contribution in [1.29, 1.82) is 0 Å². The third kappa shape index (κ3) is 3.84. The summed E-state index contributed by atoms with van der Waals surface area (Å²) in [5.74, 6) is 0.871. The van der Waals surface area contributed by atoms with Crippen LogP contribution >= 0.6 is 0 Å². The second kappa shape index (κ2) is 6.41. The second-order valence-corrected chi connectivity index (χ2v) is 4.75. The second-order valence-electron chi connectivity index (χ2n) is 4.75. The van der Waals surface area contributed by atoms with E-state index in [1.807, 2.05) is 13.8 Å². The number of esters is 1. The summed E-state index contributed by atoms with van der Waals surface area (Å²) in [6.07, 6.45) is 0.191. The van der Waals surface area contributed by atoms with E-state index >= 15 is 0 Å². The number of hydrogen-bond donors (Lipinski definition) is 0. The molecule has 1 heterocycles. The van der Waals surface area contributed by atoms with Crippen molar-refractivity contribution in [2.75, 3.05) is 13.7 Å². The summed E-state index contributed by atoms with van der Waals surface area (Å²) in [5, 5.41) is 0. The number of carbonyl (C=O) groups excluding carboxylic acids is 2. The number of aryl methyl sites for hydroxylation is 2. The molecule has 0 bridgehead atoms. The first-order valence-corrected chi connectivity index (χ1v) is 6.31. The Labute approximate surface area is 113 Å². The molecule has 1 aromatic rings. The van der Waals surface area contributed by atoms with Gasteiger partial charge >= 0.3 is 5.97 Å². The van der Waals surface area contributed by atoms with Crippen molar-refractivity contribution in [3.63, 3.8) is 0 Å². The molecule has 106 valence electrons. The van der Waals surface area contributed by atoms with Crippen LogP contribution in [0.4, 0.5) is 0 Å². The lowest BCUT2D eigenvalue weighted by Crippen LogP contribution is -2.38. The van der Waals surface area contributed by atoms with Crippen LogP contribution in [0.1, 0.15) is 42.1 Å². The van der Waals surface area contributed by atoms with Crippen LogP contribution in [0.25, 0.3) is 0 Å². The predicted octanol–water partition coefficient (Wildman–Crippen LogP) is 2.31. The molecule has 0 saturated heterocycles. The van der Waals surface area contributed by atoms with Crippen LogP contribution in [0.2, 0.25) is 0 Å². The predicted molar refractivity (Wildman–Crippen MR) is 71.0 cm³/mol. The molecule has 0 radical (unpaired) electrons. The van der Waals surface area contributed by atoms with Crippen LogP contribution in [-0.4, -0.2) is 36.5 Å². The van der Waals surface area contributed by atoms with Crippen LogP contribution < -0.4 is 0 Å². The lowest BCUT2D eigenvalue weighted by Gasteiger charge is -2.26. The molecule has 0 aliphatic heterocycles. The maximum Gasteiger partial charge on any atom is 0.307 e. The first-order chi connectivity index (χ1) is 8.86. The number of carbonyl (C=O) groups is 2. The van der Waals surface area contributed by atoms with Gasteiger partial charge in [0.1, 0.15) is 11.5 Å². The SMILES string of the molecule is COC(=O)CCN(C(=O)c1cc(C)oc1C)C(C)C. The van der Waals surface area contributed by atoms with Crippen molar-refractivity contribution in [1.82, 2.24) is 4.90 Å². The van der Waals surface area contributed by atoms with E-state index in [4.69, 9.17) is 4.42 Å². The highest BCUT2D eigenvalue weighted by molar-refractivity contribution is 5.95. The van der Waals surface area contributed by atoms with E-state index in [9.17, 15) is 9.59 Å². The fraction of sp³-hybridized carbons (Fsp3) is 0.571. The normalized spacial score (nSPS) is 10.6. The zero-order chi connectivity index (χ0) is 14.6. The van der Waals surface area contributed by atoms with Crippen molar-refractivity contribution in [2.24, 2.45) is 0 Å². The van der Waals surface area contributed by atoms with Gasteiger partial charge in [0.05, 0.1) is 19.1 Å². The maximum absolute atomic E-state index is 12.4. The third-order valence-electron chi connectivity index (χ3n) is 2.94. The first kappa shape index (κ1) is 15.3. The smallest absolute Gasteiger partial charge is 0.307 e. The molecule has 5 heteroatoms. The zero-order valence-electron chi connectivity index (χ0n) is 12.1. The molecule has 5 nitrogen and oxygen atoms in total. The number of hydrogen-bond acceptors (Lipinski definition) is 4. The molecule has 0 spiro atoms. The van der Waals surface area contributed by atoms with E-state index in [-0.39, 0.29) is 24.3 Å². The van der Waals surface area contributed by atoms with Gasteiger partial charge in [-0.2, -0.15) is 0 Å². The minimum atomic E-state index is -0.321. The van der Waals surface area contributed by atoms with Crippen molar-refractivity contribution >= 4 is 11.9 Å². The van der Waals surface area contributed by atoms with Gasteiger partial charge in [0.15, 0.2) is 0 Å². The number of furan rings is 1. The summed E-state index contributed by atoms with van der Waals surface area (Å²) in [4.78, 5) is 25.3. The van der Waals surface area contributed by atoms with Crippen LogP contribution in [0.3, 0.4) is 0 Å². The highest BCUT2D eigenvalue weighted by atomic mass is 16.5. The summed E-state index contributed by atoms with van der Waals surface area (Å²) in [6.45, 7) is 7.73. The lowest BCUT2D eigenvalue weighted by molar-refractivity contribution is -0.140. The van der Waals surface area contributed by atoms with E-state index < -0.39 is 0 Å². The number of rotatable bonds is 5. The van der Waals surface area contributed by atoms with E-state index in [1.165, 1.54) is 7.11 Å². The maximum atomic E-state index is 12.4. The molecule has 0 atom stereocenters. The van der Waals surface area contributed by atoms with Crippen molar-refractivity contribution in [3.8, 4) is 0 Å². The van der Waals surface area contributed by atoms with Gasteiger partial charge in [-0.3, -0.25) is 9.59 Å². The van der Waals surface area contributed by atoms with E-state index in [1.54, 1.807) is 24.8 Å². The number of nitrogens with zero attached hydrogens (tertiary/aromatic N) is 1. The van der Waals surface area contributed by atoms with Gasteiger partial charge < -0.3 is 14.1 Å². The molecule has 0 aromatic carbocycles. The lowest BCUT2D eigenvalue weighted by atomic mass is 10.2. The van der Waals surface area contributed by atoms with Crippen LogP contribution in [0.5, 0.6) is 0 Å². The fourth-order valence-electron chi connectivity index (χ4n) is 1.91. The molecular weight excluding hydrogens is 246 g/mol. The van der Waals surface area contributed by atoms with E-state index in [0.717, 1.165) is 0 Å². The van der Waals surface area contributed by atoms with Crippen LogP contribution in [0, 0.1) is 13.8 Å². The third-order valence-corrected chi connectivity index (χ3v) is 2.94.